The lowest BCUT2D eigenvalue weighted by atomic mass is 10.0. The number of hydrogen-bond acceptors (Lipinski definition) is 4. The first-order valence-corrected chi connectivity index (χ1v) is 10.5. The summed E-state index contributed by atoms with van der Waals surface area (Å²) in [6, 6.07) is 5.96. The fraction of sp³-hybridized carbons (Fsp3) is 0.133. The molecule has 0 saturated heterocycles. The smallest absolute Gasteiger partial charge is 0.176 e. The van der Waals surface area contributed by atoms with Gasteiger partial charge in [0.15, 0.2) is 23.1 Å². The van der Waals surface area contributed by atoms with Gasteiger partial charge >= 0.3 is 0 Å². The minimum atomic E-state index is -0.795. The fourth-order valence-electron chi connectivity index (χ4n) is 2.14. The zero-order valence-corrected chi connectivity index (χ0v) is 15.5. The van der Waals surface area contributed by atoms with Crippen LogP contribution in [0.1, 0.15) is 5.56 Å². The standard InChI is InChI=1S/C15H14F2IN2O2P/c1-21-11-6-12(22-2)15(17)13(14(11)16)8-3-4-9(7-19)10(5-8)20-23-18/h3-7,19-20,23H,1-2H3. The largest absolute Gasteiger partial charge is 0.494 e. The van der Waals surface area contributed by atoms with Gasteiger partial charge in [-0.15, -0.1) is 0 Å². The average molecular weight is 450 g/mol. The molecule has 2 aromatic rings. The van der Waals surface area contributed by atoms with Gasteiger partial charge in [-0.2, -0.15) is 0 Å². The summed E-state index contributed by atoms with van der Waals surface area (Å²) < 4.78 is 39.0. The summed E-state index contributed by atoms with van der Waals surface area (Å²) in [6.07, 6.45) is 1.54. The van der Waals surface area contributed by atoms with Crippen LogP contribution in [0.15, 0.2) is 24.3 Å². The van der Waals surface area contributed by atoms with E-state index in [0.717, 1.165) is 0 Å². The molecule has 0 aromatic heterocycles. The van der Waals surface area contributed by atoms with Gasteiger partial charge in [0.2, 0.25) is 0 Å². The van der Waals surface area contributed by atoms with E-state index in [1.54, 1.807) is 18.2 Å². The van der Waals surface area contributed by atoms with Crippen molar-refractivity contribution in [3.63, 3.8) is 0 Å². The predicted octanol–water partition coefficient (Wildman–Crippen LogP) is 5.00. The summed E-state index contributed by atoms with van der Waals surface area (Å²) in [7, 11) is 2.61. The molecule has 122 valence electrons. The third-order valence-corrected chi connectivity index (χ3v) is 4.43. The topological polar surface area (TPSA) is 54.3 Å². The van der Waals surface area contributed by atoms with Crippen molar-refractivity contribution in [2.45, 2.75) is 0 Å². The number of nitrogens with one attached hydrogen (secondary N) is 2. The summed E-state index contributed by atoms with van der Waals surface area (Å²) >= 11 is 2.14. The van der Waals surface area contributed by atoms with Gasteiger partial charge in [-0.1, -0.05) is 12.1 Å². The van der Waals surface area contributed by atoms with Gasteiger partial charge in [0.05, 0.1) is 19.8 Å². The summed E-state index contributed by atoms with van der Waals surface area (Å²) in [5, 5.41) is 10.5. The summed E-state index contributed by atoms with van der Waals surface area (Å²) in [6.45, 7) is 0. The molecular formula is C15H14F2IN2O2P. The second kappa shape index (κ2) is 7.88. The molecule has 0 heterocycles. The number of benzene rings is 2. The van der Waals surface area contributed by atoms with Crippen molar-refractivity contribution in [1.29, 1.82) is 5.41 Å². The van der Waals surface area contributed by atoms with Gasteiger partial charge in [0.25, 0.3) is 0 Å². The third-order valence-electron chi connectivity index (χ3n) is 3.25. The molecule has 0 aliphatic heterocycles. The molecule has 0 radical (unpaired) electrons. The molecule has 2 rings (SSSR count). The van der Waals surface area contributed by atoms with Crippen LogP contribution in [0.3, 0.4) is 0 Å². The molecule has 0 saturated carbocycles. The third kappa shape index (κ3) is 3.55. The van der Waals surface area contributed by atoms with E-state index in [4.69, 9.17) is 14.9 Å². The van der Waals surface area contributed by atoms with E-state index in [1.807, 2.05) is 0 Å². The van der Waals surface area contributed by atoms with E-state index in [-0.39, 0.29) is 17.1 Å². The zero-order valence-electron chi connectivity index (χ0n) is 12.3. The van der Waals surface area contributed by atoms with Crippen LogP contribution in [0, 0.1) is 17.0 Å². The monoisotopic (exact) mass is 450 g/mol. The van der Waals surface area contributed by atoms with Crippen molar-refractivity contribution in [3.05, 3.63) is 41.5 Å². The van der Waals surface area contributed by atoms with Crippen molar-refractivity contribution in [3.8, 4) is 22.6 Å². The van der Waals surface area contributed by atoms with Crippen LogP contribution in [0.2, 0.25) is 0 Å². The second-order valence-corrected chi connectivity index (χ2v) is 6.51. The van der Waals surface area contributed by atoms with Gasteiger partial charge in [-0.25, -0.2) is 8.78 Å². The van der Waals surface area contributed by atoms with Gasteiger partial charge < -0.3 is 20.0 Å². The molecular weight excluding hydrogens is 436 g/mol. The SMILES string of the molecule is COc1cc(OC)c(F)c(-c2ccc(C=N)c(NPI)c2)c1F. The number of methoxy groups -OCH3 is 2. The number of halogens is 3. The molecule has 1 unspecified atom stereocenters. The Morgan fingerprint density at radius 3 is 2.22 bits per heavy atom. The highest BCUT2D eigenvalue weighted by atomic mass is 127. The Balaban J connectivity index is 2.70. The van der Waals surface area contributed by atoms with Crippen molar-refractivity contribution in [2.75, 3.05) is 19.3 Å². The molecule has 0 amide bonds. The van der Waals surface area contributed by atoms with Crippen LogP contribution in [0.25, 0.3) is 11.1 Å². The van der Waals surface area contributed by atoms with Crippen LogP contribution < -0.4 is 14.6 Å². The maximum Gasteiger partial charge on any atom is 0.176 e. The van der Waals surface area contributed by atoms with E-state index < -0.39 is 11.6 Å². The van der Waals surface area contributed by atoms with Crippen molar-refractivity contribution < 1.29 is 18.3 Å². The van der Waals surface area contributed by atoms with Crippen molar-refractivity contribution in [2.24, 2.45) is 0 Å². The number of rotatable bonds is 6. The first kappa shape index (κ1) is 17.9. The van der Waals surface area contributed by atoms with E-state index in [0.29, 0.717) is 23.2 Å². The Hall–Kier alpha value is -1.47. The maximum absolute atomic E-state index is 14.6. The Bertz CT molecular complexity index is 716. The van der Waals surface area contributed by atoms with Crippen LogP contribution in [-0.4, -0.2) is 20.4 Å². The predicted molar refractivity (Wildman–Crippen MR) is 98.7 cm³/mol. The molecule has 23 heavy (non-hydrogen) atoms. The average Bonchev–Trinajstić information content (AvgIpc) is 2.56. The Morgan fingerprint density at radius 2 is 1.74 bits per heavy atom. The normalized spacial score (nSPS) is 10.8. The van der Waals surface area contributed by atoms with Gasteiger partial charge in [0, 0.05) is 29.9 Å². The van der Waals surface area contributed by atoms with E-state index in [1.165, 1.54) is 26.5 Å². The molecule has 2 aromatic carbocycles. The Kier molecular flexibility index (Phi) is 6.12. The van der Waals surface area contributed by atoms with Crippen LogP contribution >= 0.6 is 28.4 Å². The van der Waals surface area contributed by atoms with E-state index in [2.05, 4.69) is 27.1 Å². The quantitative estimate of drug-likeness (QED) is 0.370. The molecule has 0 fully saturated rings. The molecule has 0 spiro atoms. The van der Waals surface area contributed by atoms with Gasteiger partial charge in [-0.3, -0.25) is 0 Å². The minimum Gasteiger partial charge on any atom is -0.494 e. The second-order valence-electron chi connectivity index (χ2n) is 4.45. The fourth-order valence-corrected chi connectivity index (χ4v) is 3.33. The van der Waals surface area contributed by atoms with Crippen molar-refractivity contribution in [1.82, 2.24) is 0 Å². The number of ether oxygens (including phenoxy) is 2. The lowest BCUT2D eigenvalue weighted by Gasteiger charge is -2.14. The molecule has 1 atom stereocenters. The van der Waals surface area contributed by atoms with E-state index >= 15 is 0 Å². The molecule has 8 heteroatoms. The first-order chi connectivity index (χ1) is 11.1. The highest BCUT2D eigenvalue weighted by molar-refractivity contribution is 14.2. The van der Waals surface area contributed by atoms with Crippen molar-refractivity contribution >= 4 is 40.3 Å². The Morgan fingerprint density at radius 1 is 1.13 bits per heavy atom. The molecule has 0 aliphatic rings. The molecule has 0 bridgehead atoms. The summed E-state index contributed by atoms with van der Waals surface area (Å²) in [5.74, 6) is -1.79. The van der Waals surface area contributed by atoms with Crippen LogP contribution in [0.5, 0.6) is 11.5 Å². The van der Waals surface area contributed by atoms with Gasteiger partial charge in [0.1, 0.15) is 0 Å². The lowest BCUT2D eigenvalue weighted by Crippen LogP contribution is -2.00. The summed E-state index contributed by atoms with van der Waals surface area (Å²) in [4.78, 5) is 0. The zero-order chi connectivity index (χ0) is 17.0. The van der Waals surface area contributed by atoms with Crippen LogP contribution in [-0.2, 0) is 0 Å². The van der Waals surface area contributed by atoms with E-state index in [9.17, 15) is 8.78 Å². The molecule has 4 nitrogen and oxygen atoms in total. The highest BCUT2D eigenvalue weighted by Gasteiger charge is 2.22. The highest BCUT2D eigenvalue weighted by Crippen LogP contribution is 2.39. The van der Waals surface area contributed by atoms with Crippen LogP contribution in [0.4, 0.5) is 14.5 Å². The molecule has 2 N–H and O–H groups in total. The molecule has 0 aliphatic carbocycles. The van der Waals surface area contributed by atoms with Gasteiger partial charge in [-0.05, 0) is 33.7 Å². The maximum atomic E-state index is 14.6. The summed E-state index contributed by atoms with van der Waals surface area (Å²) in [5.41, 5.74) is 1.37. The first-order valence-electron chi connectivity index (χ1n) is 6.43. The number of hydrogen-bond donors (Lipinski definition) is 2. The number of anilines is 1. The minimum absolute atomic E-state index is 0.0975. The Labute approximate surface area is 147 Å². The lowest BCUT2D eigenvalue weighted by molar-refractivity contribution is 0.360.